The smallest absolute Gasteiger partial charge is 0.138 e. The number of dihydropyridines is 1. The molecule has 0 spiro atoms. The van der Waals surface area contributed by atoms with Crippen LogP contribution in [0.3, 0.4) is 0 Å². The number of fused-ring (bicyclic) bond motifs is 7. The van der Waals surface area contributed by atoms with E-state index in [-0.39, 0.29) is 6.04 Å². The highest BCUT2D eigenvalue weighted by molar-refractivity contribution is 6.12. The Morgan fingerprint density at radius 3 is 1.81 bits per heavy atom. The van der Waals surface area contributed by atoms with Crippen molar-refractivity contribution in [1.82, 2.24) is 19.4 Å². The van der Waals surface area contributed by atoms with E-state index in [4.69, 9.17) is 4.98 Å². The SMILES string of the molecule is C1=CC(c2ccccc2)NC=C1c1cccc(-n2c3ccccc3c3cc(-c4ccc5c(c4)c4ccccc4n5-c4ccc5ccccc5c4)ccc32)n1. The van der Waals surface area contributed by atoms with Gasteiger partial charge in [-0.3, -0.25) is 4.57 Å². The molecule has 4 heterocycles. The van der Waals surface area contributed by atoms with Gasteiger partial charge in [-0.25, -0.2) is 4.98 Å². The second-order valence-electron chi connectivity index (χ2n) is 14.1. The van der Waals surface area contributed by atoms with Crippen molar-refractivity contribution in [2.24, 2.45) is 0 Å². The molecule has 3 aromatic heterocycles. The second-order valence-corrected chi connectivity index (χ2v) is 14.1. The van der Waals surface area contributed by atoms with Crippen LogP contribution in [0, 0.1) is 0 Å². The Kier molecular flexibility index (Phi) is 6.89. The fourth-order valence-electron chi connectivity index (χ4n) is 8.36. The van der Waals surface area contributed by atoms with Crippen molar-refractivity contribution in [3.63, 3.8) is 0 Å². The highest BCUT2D eigenvalue weighted by atomic mass is 15.1. The second kappa shape index (κ2) is 12.2. The first-order valence-corrected chi connectivity index (χ1v) is 18.5. The monoisotopic (exact) mass is 690 g/mol. The van der Waals surface area contributed by atoms with E-state index in [0.29, 0.717) is 0 Å². The van der Waals surface area contributed by atoms with Gasteiger partial charge in [0.05, 0.1) is 33.8 Å². The Balaban J connectivity index is 1.00. The van der Waals surface area contributed by atoms with Crippen LogP contribution < -0.4 is 5.32 Å². The van der Waals surface area contributed by atoms with Crippen molar-refractivity contribution in [2.75, 3.05) is 0 Å². The van der Waals surface area contributed by atoms with Gasteiger partial charge < -0.3 is 9.88 Å². The Bertz CT molecular complexity index is 3140. The molecule has 0 aliphatic carbocycles. The summed E-state index contributed by atoms with van der Waals surface area (Å²) in [5.41, 5.74) is 11.5. The van der Waals surface area contributed by atoms with E-state index in [9.17, 15) is 0 Å². The highest BCUT2D eigenvalue weighted by Crippen LogP contribution is 2.38. The number of pyridine rings is 1. The van der Waals surface area contributed by atoms with Crippen LogP contribution >= 0.6 is 0 Å². The molecule has 10 aromatic rings. The van der Waals surface area contributed by atoms with Crippen molar-refractivity contribution in [3.8, 4) is 22.6 Å². The quantitative estimate of drug-likeness (QED) is 0.195. The number of hydrogen-bond acceptors (Lipinski definition) is 2. The number of nitrogens with zero attached hydrogens (tertiary/aromatic N) is 3. The van der Waals surface area contributed by atoms with Crippen LogP contribution in [0.25, 0.3) is 82.6 Å². The van der Waals surface area contributed by atoms with E-state index in [0.717, 1.165) is 28.1 Å². The molecule has 0 saturated carbocycles. The van der Waals surface area contributed by atoms with Gasteiger partial charge in [-0.05, 0) is 88.1 Å². The topological polar surface area (TPSA) is 34.8 Å². The van der Waals surface area contributed by atoms with Gasteiger partial charge in [-0.2, -0.15) is 0 Å². The van der Waals surface area contributed by atoms with E-state index in [2.05, 4.69) is 209 Å². The van der Waals surface area contributed by atoms with Gasteiger partial charge in [-0.1, -0.05) is 127 Å². The molecule has 0 radical (unpaired) electrons. The van der Waals surface area contributed by atoms with Crippen molar-refractivity contribution < 1.29 is 0 Å². The van der Waals surface area contributed by atoms with E-state index in [1.165, 1.54) is 65.7 Å². The van der Waals surface area contributed by atoms with Crippen molar-refractivity contribution in [1.29, 1.82) is 0 Å². The average Bonchev–Trinajstić information content (AvgIpc) is 3.76. The molecular formula is C50H34N4. The summed E-state index contributed by atoms with van der Waals surface area (Å²) in [6.45, 7) is 0. The van der Waals surface area contributed by atoms with Gasteiger partial charge in [0, 0.05) is 39.0 Å². The lowest BCUT2D eigenvalue weighted by atomic mass is 10.0. The summed E-state index contributed by atoms with van der Waals surface area (Å²) in [6.07, 6.45) is 6.46. The molecule has 7 aromatic carbocycles. The Hall–Kier alpha value is -7.17. The first-order valence-electron chi connectivity index (χ1n) is 18.5. The summed E-state index contributed by atoms with van der Waals surface area (Å²) in [5, 5.41) is 11.0. The minimum atomic E-state index is 0.147. The maximum atomic E-state index is 5.23. The average molecular weight is 691 g/mol. The number of allylic oxidation sites excluding steroid dienone is 2. The zero-order chi connectivity index (χ0) is 35.6. The van der Waals surface area contributed by atoms with E-state index in [1.807, 2.05) is 0 Å². The summed E-state index contributed by atoms with van der Waals surface area (Å²) >= 11 is 0. The molecule has 1 aliphatic heterocycles. The van der Waals surface area contributed by atoms with Gasteiger partial charge in [0.2, 0.25) is 0 Å². The Morgan fingerprint density at radius 2 is 1.09 bits per heavy atom. The molecule has 1 unspecified atom stereocenters. The summed E-state index contributed by atoms with van der Waals surface area (Å²) in [7, 11) is 0. The zero-order valence-corrected chi connectivity index (χ0v) is 29.4. The van der Waals surface area contributed by atoms with Crippen LogP contribution in [0.5, 0.6) is 0 Å². The van der Waals surface area contributed by atoms with Crippen molar-refractivity contribution >= 4 is 60.0 Å². The number of benzene rings is 7. The summed E-state index contributed by atoms with van der Waals surface area (Å²) in [4.78, 5) is 5.23. The van der Waals surface area contributed by atoms with Gasteiger partial charge >= 0.3 is 0 Å². The highest BCUT2D eigenvalue weighted by Gasteiger charge is 2.18. The number of rotatable bonds is 5. The van der Waals surface area contributed by atoms with E-state index >= 15 is 0 Å². The predicted molar refractivity (Wildman–Crippen MR) is 225 cm³/mol. The normalized spacial score (nSPS) is 14.3. The van der Waals surface area contributed by atoms with E-state index < -0.39 is 0 Å². The predicted octanol–water partition coefficient (Wildman–Crippen LogP) is 12.3. The number of nitrogens with one attached hydrogen (secondary N) is 1. The molecule has 54 heavy (non-hydrogen) atoms. The van der Waals surface area contributed by atoms with Crippen LogP contribution in [-0.2, 0) is 0 Å². The van der Waals surface area contributed by atoms with Crippen LogP contribution in [0.2, 0.25) is 0 Å². The first-order chi connectivity index (χ1) is 26.8. The lowest BCUT2D eigenvalue weighted by Crippen LogP contribution is -2.16. The largest absolute Gasteiger partial charge is 0.380 e. The van der Waals surface area contributed by atoms with E-state index in [1.54, 1.807) is 0 Å². The lowest BCUT2D eigenvalue weighted by molar-refractivity contribution is 0.749. The number of aromatic nitrogens is 3. The zero-order valence-electron chi connectivity index (χ0n) is 29.4. The third-order valence-electron chi connectivity index (χ3n) is 11.0. The number of hydrogen-bond donors (Lipinski definition) is 1. The number of para-hydroxylation sites is 2. The molecule has 0 saturated heterocycles. The van der Waals surface area contributed by atoms with Crippen molar-refractivity contribution in [3.05, 3.63) is 206 Å². The summed E-state index contributed by atoms with van der Waals surface area (Å²) in [5.74, 6) is 0.897. The third-order valence-corrected chi connectivity index (χ3v) is 11.0. The maximum absolute atomic E-state index is 5.23. The molecule has 11 rings (SSSR count). The molecule has 4 heteroatoms. The fourth-order valence-corrected chi connectivity index (χ4v) is 8.36. The Labute approximate surface area is 312 Å². The van der Waals surface area contributed by atoms with Crippen LogP contribution in [0.15, 0.2) is 194 Å². The van der Waals surface area contributed by atoms with Crippen LogP contribution in [0.1, 0.15) is 17.3 Å². The molecule has 1 N–H and O–H groups in total. The minimum Gasteiger partial charge on any atom is -0.380 e. The molecular weight excluding hydrogens is 657 g/mol. The van der Waals surface area contributed by atoms with Crippen molar-refractivity contribution in [2.45, 2.75) is 6.04 Å². The standard InChI is InChI=1S/C50H34N4/c1-2-12-34(13-3-1)44-26-22-38(32-51-44)45-17-10-20-50(52-45)54-47-19-9-7-16-41(47)43-31-37(24-28-49(43)54)36-23-27-48-42(30-36)40-15-6-8-18-46(40)53(48)39-25-21-33-11-4-5-14-35(33)29-39/h1-32,44,51H. The first kappa shape index (κ1) is 30.5. The minimum absolute atomic E-state index is 0.147. The van der Waals surface area contributed by atoms with Gasteiger partial charge in [-0.15, -0.1) is 0 Å². The third kappa shape index (κ3) is 4.88. The molecule has 0 fully saturated rings. The molecule has 4 nitrogen and oxygen atoms in total. The summed E-state index contributed by atoms with van der Waals surface area (Å²) in [6, 6.07) is 63.5. The molecule has 0 amide bonds. The van der Waals surface area contributed by atoms with Gasteiger partial charge in [0.15, 0.2) is 0 Å². The van der Waals surface area contributed by atoms with Gasteiger partial charge in [0.1, 0.15) is 5.82 Å². The lowest BCUT2D eigenvalue weighted by Gasteiger charge is -2.19. The maximum Gasteiger partial charge on any atom is 0.138 e. The fraction of sp³-hybridized carbons (Fsp3) is 0.0200. The van der Waals surface area contributed by atoms with Crippen LogP contribution in [-0.4, -0.2) is 14.1 Å². The molecule has 0 bridgehead atoms. The van der Waals surface area contributed by atoms with Crippen LogP contribution in [0.4, 0.5) is 0 Å². The van der Waals surface area contributed by atoms with Gasteiger partial charge in [0.25, 0.3) is 0 Å². The molecule has 1 aliphatic rings. The molecule has 254 valence electrons. The Morgan fingerprint density at radius 1 is 0.463 bits per heavy atom. The summed E-state index contributed by atoms with van der Waals surface area (Å²) < 4.78 is 4.70. The molecule has 1 atom stereocenters.